The Morgan fingerprint density at radius 1 is 1.22 bits per heavy atom. The smallest absolute Gasteiger partial charge is 0.243 e. The van der Waals surface area contributed by atoms with Crippen LogP contribution in [0.25, 0.3) is 11.2 Å². The van der Waals surface area contributed by atoms with E-state index >= 15 is 0 Å². The Hall–Kier alpha value is -2.25. The third-order valence-corrected chi connectivity index (χ3v) is 7.33. The van der Waals surface area contributed by atoms with Crippen LogP contribution in [0.4, 0.5) is 0 Å². The van der Waals surface area contributed by atoms with Crippen molar-refractivity contribution in [3.8, 4) is 0 Å². The van der Waals surface area contributed by atoms with Crippen molar-refractivity contribution >= 4 is 21.2 Å². The minimum atomic E-state index is -3.50. The third kappa shape index (κ3) is 3.04. The lowest BCUT2D eigenvalue weighted by molar-refractivity contribution is 0.469. The van der Waals surface area contributed by atoms with Crippen LogP contribution in [-0.2, 0) is 16.6 Å². The predicted molar refractivity (Wildman–Crippen MR) is 105 cm³/mol. The van der Waals surface area contributed by atoms with E-state index in [-0.39, 0.29) is 5.92 Å². The molecule has 1 aliphatic heterocycles. The highest BCUT2D eigenvalue weighted by atomic mass is 32.2. The lowest BCUT2D eigenvalue weighted by Crippen LogP contribution is -2.29. The molecule has 3 aromatic rings. The molecule has 7 heteroatoms. The summed E-state index contributed by atoms with van der Waals surface area (Å²) in [6.07, 6.45) is 2.54. The molecule has 4 rings (SSSR count). The maximum atomic E-state index is 13.2. The van der Waals surface area contributed by atoms with E-state index in [1.54, 1.807) is 16.6 Å². The van der Waals surface area contributed by atoms with Crippen molar-refractivity contribution in [3.63, 3.8) is 0 Å². The molecule has 27 heavy (non-hydrogen) atoms. The second-order valence-electron chi connectivity index (χ2n) is 7.18. The number of hydrogen-bond donors (Lipinski definition) is 0. The van der Waals surface area contributed by atoms with Crippen LogP contribution < -0.4 is 0 Å². The van der Waals surface area contributed by atoms with Crippen molar-refractivity contribution in [2.75, 3.05) is 13.1 Å². The number of nitrogens with zero attached hydrogens (tertiary/aromatic N) is 4. The quantitative estimate of drug-likeness (QED) is 0.692. The first-order valence-electron chi connectivity index (χ1n) is 9.30. The molecule has 0 N–H and O–H groups in total. The summed E-state index contributed by atoms with van der Waals surface area (Å²) < 4.78 is 30.1. The number of pyridine rings is 1. The molecule has 0 saturated carbocycles. The van der Waals surface area contributed by atoms with Crippen molar-refractivity contribution in [1.82, 2.24) is 18.8 Å². The minimum Gasteiger partial charge on any atom is -0.313 e. The minimum absolute atomic E-state index is 0.0824. The van der Waals surface area contributed by atoms with Crippen LogP contribution in [0.15, 0.2) is 41.4 Å². The van der Waals surface area contributed by atoms with Gasteiger partial charge in [-0.05, 0) is 56.5 Å². The molecule has 1 atom stereocenters. The summed E-state index contributed by atoms with van der Waals surface area (Å²) in [6, 6.07) is 9.42. The number of imidazole rings is 1. The van der Waals surface area contributed by atoms with Gasteiger partial charge >= 0.3 is 0 Å². The molecule has 0 amide bonds. The van der Waals surface area contributed by atoms with E-state index in [1.165, 1.54) is 0 Å². The lowest BCUT2D eigenvalue weighted by atomic mass is 10.1. The van der Waals surface area contributed by atoms with E-state index in [4.69, 9.17) is 4.98 Å². The first-order chi connectivity index (χ1) is 12.9. The molecular formula is C20H24N4O2S. The standard InChI is InChI=1S/C20H24N4O2S/c1-4-24-19(22-17-6-5-10-21-20(17)24)16-9-11-23(13-16)27(25,26)18-12-14(2)7-8-15(18)3/h5-8,10,12,16H,4,9,11,13H2,1-3H3/t16-/m0/s1. The fourth-order valence-electron chi connectivity index (χ4n) is 3.88. The van der Waals surface area contributed by atoms with Crippen LogP contribution in [0.5, 0.6) is 0 Å². The second-order valence-corrected chi connectivity index (χ2v) is 9.08. The van der Waals surface area contributed by atoms with Crippen LogP contribution in [0.2, 0.25) is 0 Å². The molecule has 142 valence electrons. The summed E-state index contributed by atoms with van der Waals surface area (Å²) in [5, 5.41) is 0. The molecular weight excluding hydrogens is 360 g/mol. The van der Waals surface area contributed by atoms with E-state index in [0.29, 0.717) is 18.0 Å². The van der Waals surface area contributed by atoms with E-state index in [1.807, 2.05) is 38.1 Å². The summed E-state index contributed by atoms with van der Waals surface area (Å²) in [4.78, 5) is 9.63. The molecule has 0 aliphatic carbocycles. The zero-order chi connectivity index (χ0) is 19.2. The van der Waals surface area contributed by atoms with Crippen molar-refractivity contribution in [2.45, 2.75) is 44.6 Å². The number of rotatable bonds is 4. The number of aryl methyl sites for hydroxylation is 3. The predicted octanol–water partition coefficient (Wildman–Crippen LogP) is 3.25. The first kappa shape index (κ1) is 18.1. The van der Waals surface area contributed by atoms with Crippen LogP contribution in [0.1, 0.15) is 36.2 Å². The van der Waals surface area contributed by atoms with Gasteiger partial charge in [-0.3, -0.25) is 0 Å². The largest absolute Gasteiger partial charge is 0.313 e. The second kappa shape index (κ2) is 6.73. The lowest BCUT2D eigenvalue weighted by Gasteiger charge is -2.18. The van der Waals surface area contributed by atoms with Crippen molar-refractivity contribution < 1.29 is 8.42 Å². The molecule has 1 aliphatic rings. The fraction of sp³-hybridized carbons (Fsp3) is 0.400. The van der Waals surface area contributed by atoms with E-state index in [9.17, 15) is 8.42 Å². The highest BCUT2D eigenvalue weighted by molar-refractivity contribution is 7.89. The van der Waals surface area contributed by atoms with E-state index in [2.05, 4.69) is 16.5 Å². The number of benzene rings is 1. The molecule has 0 bridgehead atoms. The Morgan fingerprint density at radius 2 is 2.04 bits per heavy atom. The zero-order valence-corrected chi connectivity index (χ0v) is 16.7. The van der Waals surface area contributed by atoms with Crippen LogP contribution in [0, 0.1) is 13.8 Å². The molecule has 2 aromatic heterocycles. The Balaban J connectivity index is 1.67. The van der Waals surface area contributed by atoms with Gasteiger partial charge in [-0.25, -0.2) is 18.4 Å². The Labute approximate surface area is 159 Å². The molecule has 0 spiro atoms. The summed E-state index contributed by atoms with van der Waals surface area (Å²) in [5.41, 5.74) is 3.47. The van der Waals surface area contributed by atoms with Gasteiger partial charge in [0.15, 0.2) is 5.65 Å². The van der Waals surface area contributed by atoms with Gasteiger partial charge in [0.1, 0.15) is 11.3 Å². The zero-order valence-electron chi connectivity index (χ0n) is 15.9. The number of fused-ring (bicyclic) bond motifs is 1. The Morgan fingerprint density at radius 3 is 2.81 bits per heavy atom. The average Bonchev–Trinajstić information content (AvgIpc) is 3.28. The maximum Gasteiger partial charge on any atom is 0.243 e. The van der Waals surface area contributed by atoms with Crippen LogP contribution in [-0.4, -0.2) is 40.3 Å². The summed E-state index contributed by atoms with van der Waals surface area (Å²) in [7, 11) is -3.50. The number of sulfonamides is 1. The van der Waals surface area contributed by atoms with Gasteiger partial charge in [0, 0.05) is 31.7 Å². The molecule has 1 fully saturated rings. The van der Waals surface area contributed by atoms with E-state index < -0.39 is 10.0 Å². The van der Waals surface area contributed by atoms with Gasteiger partial charge in [-0.2, -0.15) is 4.31 Å². The molecule has 1 saturated heterocycles. The summed E-state index contributed by atoms with van der Waals surface area (Å²) in [5.74, 6) is 1.02. The first-order valence-corrected chi connectivity index (χ1v) is 10.7. The van der Waals surface area contributed by atoms with Gasteiger partial charge in [-0.15, -0.1) is 0 Å². The third-order valence-electron chi connectivity index (χ3n) is 5.33. The molecule has 3 heterocycles. The highest BCUT2D eigenvalue weighted by Gasteiger charge is 2.36. The van der Waals surface area contributed by atoms with Gasteiger partial charge in [0.05, 0.1) is 4.90 Å². The maximum absolute atomic E-state index is 13.2. The number of aromatic nitrogens is 3. The molecule has 0 unspecified atom stereocenters. The monoisotopic (exact) mass is 384 g/mol. The molecule has 1 aromatic carbocycles. The molecule has 0 radical (unpaired) electrons. The van der Waals surface area contributed by atoms with Crippen molar-refractivity contribution in [3.05, 3.63) is 53.5 Å². The van der Waals surface area contributed by atoms with Gasteiger partial charge in [0.25, 0.3) is 0 Å². The normalized spacial score (nSPS) is 18.4. The Bertz CT molecular complexity index is 1100. The van der Waals surface area contributed by atoms with Gasteiger partial charge < -0.3 is 4.57 Å². The van der Waals surface area contributed by atoms with Gasteiger partial charge in [0.2, 0.25) is 10.0 Å². The summed E-state index contributed by atoms with van der Waals surface area (Å²) >= 11 is 0. The van der Waals surface area contributed by atoms with E-state index in [0.717, 1.165) is 41.1 Å². The number of hydrogen-bond acceptors (Lipinski definition) is 4. The highest BCUT2D eigenvalue weighted by Crippen LogP contribution is 2.33. The van der Waals surface area contributed by atoms with Crippen LogP contribution in [0.3, 0.4) is 0 Å². The SMILES string of the molecule is CCn1c([C@H]2CCN(S(=O)(=O)c3cc(C)ccc3C)C2)nc2cccnc21. The van der Waals surface area contributed by atoms with Crippen molar-refractivity contribution in [2.24, 2.45) is 0 Å². The average molecular weight is 385 g/mol. The molecule has 6 nitrogen and oxygen atoms in total. The van der Waals surface area contributed by atoms with Crippen LogP contribution >= 0.6 is 0 Å². The Kier molecular flexibility index (Phi) is 4.52. The summed E-state index contributed by atoms with van der Waals surface area (Å²) in [6.45, 7) is 7.58. The fourth-order valence-corrected chi connectivity index (χ4v) is 5.69. The van der Waals surface area contributed by atoms with Gasteiger partial charge in [-0.1, -0.05) is 12.1 Å². The topological polar surface area (TPSA) is 68.1 Å². The van der Waals surface area contributed by atoms with Crippen molar-refractivity contribution in [1.29, 1.82) is 0 Å².